The summed E-state index contributed by atoms with van der Waals surface area (Å²) >= 11 is 1.55. The molecule has 2 aromatic heterocycles. The van der Waals surface area contributed by atoms with E-state index in [4.69, 9.17) is 5.11 Å². The molecule has 17 heavy (non-hydrogen) atoms. The quantitative estimate of drug-likeness (QED) is 0.727. The van der Waals surface area contributed by atoms with Gasteiger partial charge < -0.3 is 10.1 Å². The third-order valence-electron chi connectivity index (χ3n) is 2.82. The van der Waals surface area contributed by atoms with Gasteiger partial charge in [-0.2, -0.15) is 0 Å². The SMILES string of the molecule is Cc1sc(CO)nc1-c1c[nH]c2ccccc12. The number of aromatic amines is 1. The molecule has 86 valence electrons. The average Bonchev–Trinajstić information content (AvgIpc) is 2.92. The highest BCUT2D eigenvalue weighted by molar-refractivity contribution is 7.12. The molecule has 0 aliphatic rings. The molecule has 0 spiro atoms. The number of nitrogens with zero attached hydrogens (tertiary/aromatic N) is 1. The normalized spacial score (nSPS) is 11.2. The van der Waals surface area contributed by atoms with E-state index < -0.39 is 0 Å². The molecule has 2 heterocycles. The largest absolute Gasteiger partial charge is 0.389 e. The van der Waals surface area contributed by atoms with Crippen molar-refractivity contribution < 1.29 is 5.11 Å². The van der Waals surface area contributed by atoms with Crippen LogP contribution in [0.15, 0.2) is 30.5 Å². The molecular formula is C13H12N2OS. The Morgan fingerprint density at radius 1 is 1.35 bits per heavy atom. The molecule has 0 atom stereocenters. The summed E-state index contributed by atoms with van der Waals surface area (Å²) in [4.78, 5) is 8.85. The van der Waals surface area contributed by atoms with Crippen LogP contribution in [0.3, 0.4) is 0 Å². The van der Waals surface area contributed by atoms with E-state index in [-0.39, 0.29) is 6.61 Å². The highest BCUT2D eigenvalue weighted by atomic mass is 32.1. The number of benzene rings is 1. The third kappa shape index (κ3) is 1.66. The molecule has 0 fully saturated rings. The zero-order chi connectivity index (χ0) is 11.8. The van der Waals surface area contributed by atoms with Crippen LogP contribution in [-0.4, -0.2) is 15.1 Å². The fourth-order valence-electron chi connectivity index (χ4n) is 2.04. The summed E-state index contributed by atoms with van der Waals surface area (Å²) in [5.41, 5.74) is 3.19. The van der Waals surface area contributed by atoms with Crippen LogP contribution >= 0.6 is 11.3 Å². The van der Waals surface area contributed by atoms with Crippen LogP contribution in [0.4, 0.5) is 0 Å². The van der Waals surface area contributed by atoms with Crippen LogP contribution in [0.5, 0.6) is 0 Å². The van der Waals surface area contributed by atoms with Crippen molar-refractivity contribution in [3.05, 3.63) is 40.3 Å². The smallest absolute Gasteiger partial charge is 0.119 e. The minimum absolute atomic E-state index is 0.00780. The molecule has 0 saturated carbocycles. The maximum atomic E-state index is 9.13. The first kappa shape index (κ1) is 10.5. The molecule has 0 aliphatic heterocycles. The van der Waals surface area contributed by atoms with E-state index in [0.29, 0.717) is 0 Å². The number of rotatable bonds is 2. The van der Waals surface area contributed by atoms with E-state index in [2.05, 4.69) is 16.0 Å². The van der Waals surface area contributed by atoms with Gasteiger partial charge >= 0.3 is 0 Å². The molecule has 0 bridgehead atoms. The number of para-hydroxylation sites is 1. The highest BCUT2D eigenvalue weighted by Crippen LogP contribution is 2.32. The summed E-state index contributed by atoms with van der Waals surface area (Å²) in [6.07, 6.45) is 1.98. The van der Waals surface area contributed by atoms with Crippen molar-refractivity contribution in [3.8, 4) is 11.3 Å². The van der Waals surface area contributed by atoms with Gasteiger partial charge in [0, 0.05) is 27.5 Å². The van der Waals surface area contributed by atoms with E-state index in [0.717, 1.165) is 26.7 Å². The van der Waals surface area contributed by atoms with Gasteiger partial charge in [-0.15, -0.1) is 11.3 Å². The molecule has 3 aromatic rings. The number of nitrogens with one attached hydrogen (secondary N) is 1. The zero-order valence-electron chi connectivity index (χ0n) is 9.40. The molecule has 3 nitrogen and oxygen atoms in total. The van der Waals surface area contributed by atoms with Gasteiger partial charge in [-0.3, -0.25) is 0 Å². The maximum absolute atomic E-state index is 9.13. The van der Waals surface area contributed by atoms with Gasteiger partial charge in [-0.05, 0) is 13.0 Å². The van der Waals surface area contributed by atoms with Crippen LogP contribution in [-0.2, 0) is 6.61 Å². The molecular weight excluding hydrogens is 232 g/mol. The number of fused-ring (bicyclic) bond motifs is 1. The van der Waals surface area contributed by atoms with Crippen LogP contribution < -0.4 is 0 Å². The van der Waals surface area contributed by atoms with E-state index in [9.17, 15) is 0 Å². The lowest BCUT2D eigenvalue weighted by molar-refractivity contribution is 0.281. The Balaban J connectivity index is 2.23. The number of aromatic nitrogens is 2. The predicted molar refractivity (Wildman–Crippen MR) is 70.1 cm³/mol. The Kier molecular flexibility index (Phi) is 2.46. The second-order valence-electron chi connectivity index (χ2n) is 3.92. The van der Waals surface area contributed by atoms with Crippen molar-refractivity contribution in [2.45, 2.75) is 13.5 Å². The number of thiazole rings is 1. The molecule has 0 saturated heterocycles. The number of hydrogen-bond acceptors (Lipinski definition) is 3. The monoisotopic (exact) mass is 244 g/mol. The first-order valence-electron chi connectivity index (χ1n) is 5.43. The summed E-state index contributed by atoms with van der Waals surface area (Å²) in [5.74, 6) is 0. The van der Waals surface area contributed by atoms with Crippen molar-refractivity contribution in [3.63, 3.8) is 0 Å². The van der Waals surface area contributed by atoms with Gasteiger partial charge in [0.1, 0.15) is 5.01 Å². The first-order valence-corrected chi connectivity index (χ1v) is 6.25. The lowest BCUT2D eigenvalue weighted by atomic mass is 10.1. The van der Waals surface area contributed by atoms with Crippen molar-refractivity contribution in [1.29, 1.82) is 0 Å². The van der Waals surface area contributed by atoms with Gasteiger partial charge in [0.05, 0.1) is 12.3 Å². The van der Waals surface area contributed by atoms with Crippen molar-refractivity contribution in [2.24, 2.45) is 0 Å². The summed E-state index contributed by atoms with van der Waals surface area (Å²) in [6.45, 7) is 2.04. The predicted octanol–water partition coefficient (Wildman–Crippen LogP) is 3.09. The van der Waals surface area contributed by atoms with Crippen LogP contribution in [0, 0.1) is 6.92 Å². The average molecular weight is 244 g/mol. The summed E-state index contributed by atoms with van der Waals surface area (Å²) in [6, 6.07) is 8.16. The topological polar surface area (TPSA) is 48.9 Å². The molecule has 4 heteroatoms. The van der Waals surface area contributed by atoms with Crippen molar-refractivity contribution >= 4 is 22.2 Å². The molecule has 3 rings (SSSR count). The number of aliphatic hydroxyl groups excluding tert-OH is 1. The Bertz CT molecular complexity index is 669. The minimum atomic E-state index is 0.00780. The van der Waals surface area contributed by atoms with Gasteiger partial charge in [-0.25, -0.2) is 4.98 Å². The first-order chi connectivity index (χ1) is 8.29. The van der Waals surface area contributed by atoms with Gasteiger partial charge in [0.2, 0.25) is 0 Å². The zero-order valence-corrected chi connectivity index (χ0v) is 10.2. The second-order valence-corrected chi connectivity index (χ2v) is 5.21. The van der Waals surface area contributed by atoms with Crippen molar-refractivity contribution in [2.75, 3.05) is 0 Å². The minimum Gasteiger partial charge on any atom is -0.389 e. The number of H-pyrrole nitrogens is 1. The number of aliphatic hydroxyl groups is 1. The fraction of sp³-hybridized carbons (Fsp3) is 0.154. The summed E-state index contributed by atoms with van der Waals surface area (Å²) in [7, 11) is 0. The molecule has 0 amide bonds. The number of hydrogen-bond donors (Lipinski definition) is 2. The third-order valence-corrected chi connectivity index (χ3v) is 3.78. The summed E-state index contributed by atoms with van der Waals surface area (Å²) < 4.78 is 0. The Labute approximate surface area is 103 Å². The van der Waals surface area contributed by atoms with Crippen molar-refractivity contribution in [1.82, 2.24) is 9.97 Å². The van der Waals surface area contributed by atoms with Crippen LogP contribution in [0.1, 0.15) is 9.88 Å². The Hall–Kier alpha value is -1.65. The Morgan fingerprint density at radius 2 is 2.18 bits per heavy atom. The molecule has 2 N–H and O–H groups in total. The number of aryl methyl sites for hydroxylation is 1. The summed E-state index contributed by atoms with van der Waals surface area (Å²) in [5, 5.41) is 11.1. The lowest BCUT2D eigenvalue weighted by Gasteiger charge is -1.95. The van der Waals surface area contributed by atoms with Crippen LogP contribution in [0.2, 0.25) is 0 Å². The second kappa shape index (κ2) is 3.98. The van der Waals surface area contributed by atoms with Crippen LogP contribution in [0.25, 0.3) is 22.2 Å². The molecule has 1 aromatic carbocycles. The van der Waals surface area contributed by atoms with E-state index in [1.54, 1.807) is 11.3 Å². The highest BCUT2D eigenvalue weighted by Gasteiger charge is 2.12. The van der Waals surface area contributed by atoms with E-state index >= 15 is 0 Å². The van der Waals surface area contributed by atoms with Gasteiger partial charge in [0.25, 0.3) is 0 Å². The van der Waals surface area contributed by atoms with Gasteiger partial charge in [0.15, 0.2) is 0 Å². The Morgan fingerprint density at radius 3 is 2.94 bits per heavy atom. The van der Waals surface area contributed by atoms with Gasteiger partial charge in [-0.1, -0.05) is 18.2 Å². The van der Waals surface area contributed by atoms with E-state index in [1.165, 1.54) is 5.39 Å². The lowest BCUT2D eigenvalue weighted by Crippen LogP contribution is -1.82. The maximum Gasteiger partial charge on any atom is 0.119 e. The van der Waals surface area contributed by atoms with E-state index in [1.807, 2.05) is 31.3 Å². The molecule has 0 unspecified atom stereocenters. The standard InChI is InChI=1S/C13H12N2OS/c1-8-13(15-12(7-16)17-8)10-6-14-11-5-3-2-4-9(10)11/h2-6,14,16H,7H2,1H3. The molecule has 0 radical (unpaired) electrons. The fourth-order valence-corrected chi connectivity index (χ4v) is 2.84. The molecule has 0 aliphatic carbocycles.